The summed E-state index contributed by atoms with van der Waals surface area (Å²) in [7, 11) is -3.64. The predicted molar refractivity (Wildman–Crippen MR) is 86.0 cm³/mol. The number of nitrogens with zero attached hydrogens (tertiary/aromatic N) is 1. The van der Waals surface area contributed by atoms with Crippen LogP contribution in [0, 0.1) is 11.7 Å². The third-order valence-electron chi connectivity index (χ3n) is 4.43. The van der Waals surface area contributed by atoms with Crippen molar-refractivity contribution in [2.75, 3.05) is 19.6 Å². The van der Waals surface area contributed by atoms with Crippen LogP contribution < -0.4 is 5.73 Å². The van der Waals surface area contributed by atoms with Gasteiger partial charge in [0.1, 0.15) is 5.82 Å². The summed E-state index contributed by atoms with van der Waals surface area (Å²) in [5, 5.41) is -0.840. The van der Waals surface area contributed by atoms with Gasteiger partial charge < -0.3 is 10.6 Å². The van der Waals surface area contributed by atoms with Gasteiger partial charge in [0.15, 0.2) is 9.84 Å². The van der Waals surface area contributed by atoms with E-state index in [-0.39, 0.29) is 17.2 Å². The Labute approximate surface area is 136 Å². The molecule has 5 nitrogen and oxygen atoms in total. The van der Waals surface area contributed by atoms with Gasteiger partial charge in [-0.15, -0.1) is 0 Å². The van der Waals surface area contributed by atoms with Crippen LogP contribution >= 0.6 is 0 Å². The minimum absolute atomic E-state index is 0.0426. The van der Waals surface area contributed by atoms with Gasteiger partial charge in [-0.1, -0.05) is 0 Å². The zero-order chi connectivity index (χ0) is 17.0. The Kier molecular flexibility index (Phi) is 5.75. The van der Waals surface area contributed by atoms with Crippen molar-refractivity contribution in [3.63, 3.8) is 0 Å². The number of hydrogen-bond acceptors (Lipinski definition) is 4. The molecule has 0 saturated carbocycles. The molecule has 0 spiro atoms. The van der Waals surface area contributed by atoms with Crippen LogP contribution in [0.25, 0.3) is 0 Å². The van der Waals surface area contributed by atoms with Gasteiger partial charge in [-0.05, 0) is 56.5 Å². The number of sulfone groups is 1. The lowest BCUT2D eigenvalue weighted by Crippen LogP contribution is -2.41. The molecule has 0 aromatic heterocycles. The molecule has 0 radical (unpaired) electrons. The summed E-state index contributed by atoms with van der Waals surface area (Å²) in [6.07, 6.45) is 1.66. The quantitative estimate of drug-likeness (QED) is 0.824. The highest BCUT2D eigenvalue weighted by molar-refractivity contribution is 7.92. The molecule has 1 aliphatic heterocycles. The molecule has 1 fully saturated rings. The van der Waals surface area contributed by atoms with Crippen LogP contribution in [0.15, 0.2) is 29.2 Å². The van der Waals surface area contributed by atoms with Gasteiger partial charge in [0.25, 0.3) is 0 Å². The van der Waals surface area contributed by atoms with Crippen LogP contribution in [0.5, 0.6) is 0 Å². The van der Waals surface area contributed by atoms with Crippen molar-refractivity contribution in [3.8, 4) is 0 Å². The molecule has 128 valence electrons. The monoisotopic (exact) mass is 342 g/mol. The normalized spacial score (nSPS) is 18.0. The lowest BCUT2D eigenvalue weighted by atomic mass is 9.97. The Balaban J connectivity index is 1.99. The molecule has 0 bridgehead atoms. The molecule has 7 heteroatoms. The minimum atomic E-state index is -3.64. The van der Waals surface area contributed by atoms with Crippen LogP contribution in [-0.2, 0) is 14.6 Å². The van der Waals surface area contributed by atoms with Crippen molar-refractivity contribution >= 4 is 15.7 Å². The molecule has 1 unspecified atom stereocenters. The van der Waals surface area contributed by atoms with E-state index in [9.17, 15) is 17.6 Å². The third-order valence-corrected chi connectivity index (χ3v) is 6.59. The molecule has 1 atom stereocenters. The van der Waals surface area contributed by atoms with Crippen molar-refractivity contribution in [2.45, 2.75) is 36.3 Å². The molecule has 1 heterocycles. The van der Waals surface area contributed by atoms with Gasteiger partial charge >= 0.3 is 0 Å². The second kappa shape index (κ2) is 7.40. The van der Waals surface area contributed by atoms with Crippen LogP contribution in [0.3, 0.4) is 0 Å². The molecule has 1 aromatic rings. The van der Waals surface area contributed by atoms with Gasteiger partial charge in [0, 0.05) is 19.5 Å². The van der Waals surface area contributed by atoms with Gasteiger partial charge in [-0.3, -0.25) is 4.79 Å². The van der Waals surface area contributed by atoms with E-state index < -0.39 is 20.9 Å². The number of carbonyl (C=O) groups excluding carboxylic acids is 1. The Bertz CT molecular complexity index is 638. The topological polar surface area (TPSA) is 80.5 Å². The van der Waals surface area contributed by atoms with Crippen LogP contribution in [0.2, 0.25) is 0 Å². The number of amides is 1. The van der Waals surface area contributed by atoms with E-state index >= 15 is 0 Å². The van der Waals surface area contributed by atoms with Crippen LogP contribution in [0.1, 0.15) is 26.2 Å². The first-order valence-electron chi connectivity index (χ1n) is 7.82. The van der Waals surface area contributed by atoms with E-state index in [1.165, 1.54) is 19.1 Å². The standard InChI is InChI=1S/C16H23FN2O3S/c1-12(23(21,22)15-4-2-14(17)3-5-15)10-16(20)19-8-6-13(11-18)7-9-19/h2-5,12-13H,6-11,18H2,1H3. The Morgan fingerprint density at radius 3 is 2.39 bits per heavy atom. The largest absolute Gasteiger partial charge is 0.343 e. The number of nitrogens with two attached hydrogens (primary N) is 1. The van der Waals surface area contributed by atoms with E-state index in [4.69, 9.17) is 5.73 Å². The lowest BCUT2D eigenvalue weighted by Gasteiger charge is -2.32. The number of rotatable bonds is 5. The number of halogens is 1. The maximum Gasteiger partial charge on any atom is 0.223 e. The SMILES string of the molecule is CC(CC(=O)N1CCC(CN)CC1)S(=O)(=O)c1ccc(F)cc1. The Hall–Kier alpha value is -1.47. The first-order valence-corrected chi connectivity index (χ1v) is 9.36. The van der Waals surface area contributed by atoms with Crippen molar-refractivity contribution in [1.82, 2.24) is 4.90 Å². The summed E-state index contributed by atoms with van der Waals surface area (Å²) in [4.78, 5) is 14.1. The van der Waals surface area contributed by atoms with E-state index in [1.54, 1.807) is 4.90 Å². The molecular weight excluding hydrogens is 319 g/mol. The molecule has 1 aliphatic rings. The number of likely N-dealkylation sites (tertiary alicyclic amines) is 1. The van der Waals surface area contributed by atoms with E-state index in [0.29, 0.717) is 25.6 Å². The van der Waals surface area contributed by atoms with Crippen molar-refractivity contribution < 1.29 is 17.6 Å². The van der Waals surface area contributed by atoms with Gasteiger partial charge in [-0.2, -0.15) is 0 Å². The minimum Gasteiger partial charge on any atom is -0.343 e. The van der Waals surface area contributed by atoms with E-state index in [0.717, 1.165) is 25.0 Å². The second-order valence-electron chi connectivity index (χ2n) is 6.07. The molecule has 2 rings (SSSR count). The fourth-order valence-corrected chi connectivity index (χ4v) is 4.10. The molecule has 0 aliphatic carbocycles. The average Bonchev–Trinajstić information content (AvgIpc) is 2.55. The summed E-state index contributed by atoms with van der Waals surface area (Å²) >= 11 is 0. The second-order valence-corrected chi connectivity index (χ2v) is 8.44. The van der Waals surface area contributed by atoms with Gasteiger partial charge in [-0.25, -0.2) is 12.8 Å². The Morgan fingerprint density at radius 2 is 1.87 bits per heavy atom. The lowest BCUT2D eigenvalue weighted by molar-refractivity contribution is -0.132. The smallest absolute Gasteiger partial charge is 0.223 e. The third kappa shape index (κ3) is 4.29. The molecular formula is C16H23FN2O3S. The summed E-state index contributed by atoms with van der Waals surface area (Å²) in [6.45, 7) is 3.40. The molecule has 23 heavy (non-hydrogen) atoms. The Morgan fingerprint density at radius 1 is 1.30 bits per heavy atom. The first-order chi connectivity index (χ1) is 10.8. The van der Waals surface area contributed by atoms with Crippen LogP contribution in [-0.4, -0.2) is 44.1 Å². The summed E-state index contributed by atoms with van der Waals surface area (Å²) in [6, 6.07) is 4.69. The zero-order valence-corrected chi connectivity index (χ0v) is 14.1. The van der Waals surface area contributed by atoms with Crippen molar-refractivity contribution in [2.24, 2.45) is 11.7 Å². The van der Waals surface area contributed by atoms with Crippen molar-refractivity contribution in [1.29, 1.82) is 0 Å². The van der Waals surface area contributed by atoms with Gasteiger partial charge in [0.05, 0.1) is 10.1 Å². The number of benzene rings is 1. The van der Waals surface area contributed by atoms with Crippen LogP contribution in [0.4, 0.5) is 4.39 Å². The highest BCUT2D eigenvalue weighted by atomic mass is 32.2. The van der Waals surface area contributed by atoms with E-state index in [2.05, 4.69) is 0 Å². The summed E-state index contributed by atoms with van der Waals surface area (Å²) in [5.74, 6) is -0.200. The summed E-state index contributed by atoms with van der Waals surface area (Å²) < 4.78 is 37.8. The molecule has 2 N–H and O–H groups in total. The highest BCUT2D eigenvalue weighted by Crippen LogP contribution is 2.21. The fourth-order valence-electron chi connectivity index (χ4n) is 2.76. The van der Waals surface area contributed by atoms with Crippen molar-refractivity contribution in [3.05, 3.63) is 30.1 Å². The first kappa shape index (κ1) is 17.9. The fraction of sp³-hybridized carbons (Fsp3) is 0.562. The maximum absolute atomic E-state index is 12.9. The number of piperidine rings is 1. The van der Waals surface area contributed by atoms with Gasteiger partial charge in [0.2, 0.25) is 5.91 Å². The molecule has 1 aromatic carbocycles. The number of hydrogen-bond donors (Lipinski definition) is 1. The predicted octanol–water partition coefficient (Wildman–Crippen LogP) is 1.58. The number of carbonyl (C=O) groups is 1. The average molecular weight is 342 g/mol. The molecule has 1 saturated heterocycles. The van der Waals surface area contributed by atoms with E-state index in [1.807, 2.05) is 0 Å². The zero-order valence-electron chi connectivity index (χ0n) is 13.2. The molecule has 1 amide bonds. The maximum atomic E-state index is 12.9. The summed E-state index contributed by atoms with van der Waals surface area (Å²) in [5.41, 5.74) is 5.63. The highest BCUT2D eigenvalue weighted by Gasteiger charge is 2.29.